The molecule has 0 radical (unpaired) electrons. The molecule has 1 aromatic rings. The van der Waals surface area contributed by atoms with Crippen LogP contribution in [0.3, 0.4) is 0 Å². The molecule has 2 unspecified atom stereocenters. The first-order valence-electron chi connectivity index (χ1n) is 7.69. The molecule has 22 heavy (non-hydrogen) atoms. The minimum Gasteiger partial charge on any atom is -0.317 e. The molecule has 0 amide bonds. The second-order valence-electron chi connectivity index (χ2n) is 5.99. The quantitative estimate of drug-likeness (QED) is 0.846. The second kappa shape index (κ2) is 9.51. The Balaban J connectivity index is 0.00000121. The van der Waals surface area contributed by atoms with Gasteiger partial charge >= 0.3 is 0 Å². The van der Waals surface area contributed by atoms with Gasteiger partial charge in [-0.3, -0.25) is 0 Å². The highest BCUT2D eigenvalue weighted by Gasteiger charge is 2.40. The maximum atomic E-state index is 14.1. The highest BCUT2D eigenvalue weighted by Crippen LogP contribution is 2.39. The number of rotatable bonds is 5. The first kappa shape index (κ1) is 19.4. The molecule has 1 saturated heterocycles. The Morgan fingerprint density at radius 2 is 1.86 bits per heavy atom. The van der Waals surface area contributed by atoms with E-state index in [2.05, 4.69) is 10.6 Å². The van der Waals surface area contributed by atoms with Crippen LogP contribution < -0.4 is 10.6 Å². The first-order chi connectivity index (χ1) is 9.83. The maximum Gasteiger partial charge on any atom is 0.105 e. The average Bonchev–Trinajstić information content (AvgIpc) is 3.27. The lowest BCUT2D eigenvalue weighted by Crippen LogP contribution is -2.34. The van der Waals surface area contributed by atoms with Crippen LogP contribution in [0.1, 0.15) is 24.8 Å². The van der Waals surface area contributed by atoms with Gasteiger partial charge in [-0.15, -0.1) is 24.8 Å². The molecule has 0 bridgehead atoms. The zero-order valence-corrected chi connectivity index (χ0v) is 14.3. The molecule has 2 N–H and O–H groups in total. The monoisotopic (exact) mass is 346 g/mol. The zero-order chi connectivity index (χ0) is 13.8. The van der Waals surface area contributed by atoms with Crippen molar-refractivity contribution in [1.29, 1.82) is 0 Å². The number of benzene rings is 1. The second-order valence-corrected chi connectivity index (χ2v) is 5.99. The van der Waals surface area contributed by atoms with Gasteiger partial charge in [0.25, 0.3) is 0 Å². The Kier molecular flexibility index (Phi) is 8.40. The zero-order valence-electron chi connectivity index (χ0n) is 12.6. The molecular weight excluding hydrogens is 322 g/mol. The Morgan fingerprint density at radius 3 is 2.55 bits per heavy atom. The molecule has 1 aliphatic carbocycles. The summed E-state index contributed by atoms with van der Waals surface area (Å²) >= 11 is 0. The summed E-state index contributed by atoms with van der Waals surface area (Å²) in [5.74, 6) is 0.884. The summed E-state index contributed by atoms with van der Waals surface area (Å²) in [5.41, 5.74) is 0.953. The van der Waals surface area contributed by atoms with E-state index >= 15 is 0 Å². The van der Waals surface area contributed by atoms with Crippen LogP contribution in [0.2, 0.25) is 0 Å². The van der Waals surface area contributed by atoms with E-state index in [0.717, 1.165) is 37.5 Å². The molecule has 2 atom stereocenters. The van der Waals surface area contributed by atoms with Crippen molar-refractivity contribution in [1.82, 2.24) is 10.6 Å². The van der Waals surface area contributed by atoms with Gasteiger partial charge in [-0.05, 0) is 56.5 Å². The van der Waals surface area contributed by atoms with E-state index in [4.69, 9.17) is 0 Å². The number of hydrogen-bond donors (Lipinski definition) is 2. The van der Waals surface area contributed by atoms with E-state index < -0.39 is 0 Å². The highest BCUT2D eigenvalue weighted by molar-refractivity contribution is 5.85. The molecule has 2 nitrogen and oxygen atoms in total. The summed E-state index contributed by atoms with van der Waals surface area (Å²) < 4.78 is 14.1. The van der Waals surface area contributed by atoms with Gasteiger partial charge in [0.1, 0.15) is 5.83 Å². The largest absolute Gasteiger partial charge is 0.317 e. The fourth-order valence-electron chi connectivity index (χ4n) is 2.94. The van der Waals surface area contributed by atoms with Crippen LogP contribution in [0.15, 0.2) is 36.2 Å². The van der Waals surface area contributed by atoms with Gasteiger partial charge in [-0.2, -0.15) is 0 Å². The minimum atomic E-state index is 0. The van der Waals surface area contributed by atoms with Crippen molar-refractivity contribution >= 4 is 30.9 Å². The SMILES string of the molecule is Cl.Cl.F/C(=C\c1ccccc1)C1CC1NCC1CCNCC1. The number of nitrogens with one attached hydrogen (secondary N) is 2. The summed E-state index contributed by atoms with van der Waals surface area (Å²) in [6.07, 6.45) is 5.11. The molecule has 5 heteroatoms. The summed E-state index contributed by atoms with van der Waals surface area (Å²) in [4.78, 5) is 0. The summed E-state index contributed by atoms with van der Waals surface area (Å²) in [6, 6.07) is 10.1. The predicted molar refractivity (Wildman–Crippen MR) is 95.5 cm³/mol. The third-order valence-corrected chi connectivity index (χ3v) is 4.38. The van der Waals surface area contributed by atoms with Crippen molar-refractivity contribution in [3.8, 4) is 0 Å². The van der Waals surface area contributed by atoms with Gasteiger partial charge in [0, 0.05) is 12.0 Å². The van der Waals surface area contributed by atoms with Crippen molar-refractivity contribution in [2.75, 3.05) is 19.6 Å². The van der Waals surface area contributed by atoms with Crippen LogP contribution in [0, 0.1) is 11.8 Å². The number of hydrogen-bond acceptors (Lipinski definition) is 2. The summed E-state index contributed by atoms with van der Waals surface area (Å²) in [7, 11) is 0. The van der Waals surface area contributed by atoms with E-state index in [1.165, 1.54) is 12.8 Å². The van der Waals surface area contributed by atoms with E-state index in [-0.39, 0.29) is 36.6 Å². The van der Waals surface area contributed by atoms with Gasteiger partial charge < -0.3 is 10.6 Å². The molecule has 2 fully saturated rings. The number of halogens is 3. The molecule has 0 aromatic heterocycles. The fourth-order valence-corrected chi connectivity index (χ4v) is 2.94. The maximum absolute atomic E-state index is 14.1. The van der Waals surface area contributed by atoms with Crippen molar-refractivity contribution in [3.05, 3.63) is 41.7 Å². The lowest BCUT2D eigenvalue weighted by Gasteiger charge is -2.22. The molecule has 1 aromatic carbocycles. The third-order valence-electron chi connectivity index (χ3n) is 4.38. The van der Waals surface area contributed by atoms with Crippen LogP contribution in [-0.4, -0.2) is 25.7 Å². The minimum absolute atomic E-state index is 0. The highest BCUT2D eigenvalue weighted by atomic mass is 35.5. The van der Waals surface area contributed by atoms with Crippen molar-refractivity contribution in [2.45, 2.75) is 25.3 Å². The van der Waals surface area contributed by atoms with E-state index in [1.807, 2.05) is 30.3 Å². The normalized spacial score (nSPS) is 25.0. The van der Waals surface area contributed by atoms with Crippen LogP contribution in [0.25, 0.3) is 6.08 Å². The van der Waals surface area contributed by atoms with E-state index in [0.29, 0.717) is 6.04 Å². The Bertz CT molecular complexity index is 461. The Hall–Kier alpha value is -0.610. The molecule has 1 heterocycles. The van der Waals surface area contributed by atoms with Crippen LogP contribution in [0.4, 0.5) is 4.39 Å². The Labute approximate surface area is 144 Å². The molecule has 2 aliphatic rings. The standard InChI is InChI=1S/C17H23FN2.2ClH/c18-16(10-13-4-2-1-3-5-13)15-11-17(15)20-12-14-6-8-19-9-7-14;;/h1-5,10,14-15,17,19-20H,6-9,11-12H2;2*1H/b16-10-;;. The van der Waals surface area contributed by atoms with Crippen molar-refractivity contribution < 1.29 is 4.39 Å². The van der Waals surface area contributed by atoms with Crippen LogP contribution in [-0.2, 0) is 0 Å². The first-order valence-corrected chi connectivity index (χ1v) is 7.69. The third kappa shape index (κ3) is 5.54. The summed E-state index contributed by atoms with van der Waals surface area (Å²) in [6.45, 7) is 3.30. The lowest BCUT2D eigenvalue weighted by atomic mass is 9.98. The van der Waals surface area contributed by atoms with Crippen molar-refractivity contribution in [3.63, 3.8) is 0 Å². The Morgan fingerprint density at radius 1 is 1.18 bits per heavy atom. The summed E-state index contributed by atoms with van der Waals surface area (Å²) in [5, 5.41) is 6.91. The van der Waals surface area contributed by atoms with Gasteiger partial charge in [0.2, 0.25) is 0 Å². The van der Waals surface area contributed by atoms with E-state index in [9.17, 15) is 4.39 Å². The average molecular weight is 347 g/mol. The molecule has 1 aliphatic heterocycles. The van der Waals surface area contributed by atoms with Crippen LogP contribution in [0.5, 0.6) is 0 Å². The molecule has 3 rings (SSSR count). The van der Waals surface area contributed by atoms with Gasteiger partial charge in [0.15, 0.2) is 0 Å². The molecule has 124 valence electrons. The van der Waals surface area contributed by atoms with Gasteiger partial charge in [-0.1, -0.05) is 30.3 Å². The lowest BCUT2D eigenvalue weighted by molar-refractivity contribution is 0.353. The smallest absolute Gasteiger partial charge is 0.105 e. The molecule has 0 spiro atoms. The van der Waals surface area contributed by atoms with Crippen LogP contribution >= 0.6 is 24.8 Å². The van der Waals surface area contributed by atoms with Gasteiger partial charge in [-0.25, -0.2) is 4.39 Å². The molecule has 1 saturated carbocycles. The topological polar surface area (TPSA) is 24.1 Å². The fraction of sp³-hybridized carbons (Fsp3) is 0.529. The predicted octanol–water partition coefficient (Wildman–Crippen LogP) is 3.82. The van der Waals surface area contributed by atoms with Crippen molar-refractivity contribution in [2.24, 2.45) is 11.8 Å². The van der Waals surface area contributed by atoms with Gasteiger partial charge in [0.05, 0.1) is 0 Å². The van der Waals surface area contributed by atoms with E-state index in [1.54, 1.807) is 6.08 Å². The number of piperidine rings is 1. The molecular formula is C17H25Cl2FN2.